The summed E-state index contributed by atoms with van der Waals surface area (Å²) < 4.78 is 38.8. The number of amides is 2. The van der Waals surface area contributed by atoms with Crippen LogP contribution in [0.2, 0.25) is 5.02 Å². The van der Waals surface area contributed by atoms with Crippen LogP contribution in [0.4, 0.5) is 24.5 Å². The summed E-state index contributed by atoms with van der Waals surface area (Å²) in [6.45, 7) is 0.114. The van der Waals surface area contributed by atoms with Gasteiger partial charge in [0.25, 0.3) is 5.69 Å². The first-order valence-electron chi connectivity index (χ1n) is 7.73. The molecular formula is C17H13ClF3N3O4. The van der Waals surface area contributed by atoms with Crippen LogP contribution in [-0.2, 0) is 22.3 Å². The van der Waals surface area contributed by atoms with Gasteiger partial charge in [-0.2, -0.15) is 13.2 Å². The number of rotatable bonds is 6. The lowest BCUT2D eigenvalue weighted by Crippen LogP contribution is -2.27. The number of benzene rings is 2. The minimum absolute atomic E-state index is 0.114. The number of nitrogens with one attached hydrogen (secondary N) is 2. The molecule has 0 aliphatic rings. The number of carbonyl (C=O) groups is 2. The van der Waals surface area contributed by atoms with E-state index in [1.54, 1.807) is 24.3 Å². The summed E-state index contributed by atoms with van der Waals surface area (Å²) in [6, 6.07) is 8.70. The number of nitro groups is 1. The number of nitro benzene ring substituents is 1. The molecule has 28 heavy (non-hydrogen) atoms. The molecule has 0 aliphatic carbocycles. The lowest BCUT2D eigenvalue weighted by atomic mass is 10.1. The molecule has 0 unspecified atom stereocenters. The van der Waals surface area contributed by atoms with E-state index >= 15 is 0 Å². The Bertz CT molecular complexity index is 919. The normalized spacial score (nSPS) is 11.0. The molecule has 0 aromatic heterocycles. The van der Waals surface area contributed by atoms with Crippen molar-refractivity contribution in [1.82, 2.24) is 5.32 Å². The van der Waals surface area contributed by atoms with Crippen molar-refractivity contribution in [2.75, 3.05) is 5.32 Å². The number of halogens is 4. The van der Waals surface area contributed by atoms with Crippen molar-refractivity contribution in [2.45, 2.75) is 19.1 Å². The van der Waals surface area contributed by atoms with Gasteiger partial charge in [0, 0.05) is 23.3 Å². The first-order chi connectivity index (χ1) is 13.1. The molecule has 2 aromatic rings. The van der Waals surface area contributed by atoms with Crippen LogP contribution in [0.5, 0.6) is 0 Å². The van der Waals surface area contributed by atoms with Gasteiger partial charge >= 0.3 is 6.18 Å². The number of hydrogen-bond donors (Lipinski definition) is 2. The fourth-order valence-electron chi connectivity index (χ4n) is 2.26. The molecule has 148 valence electrons. The van der Waals surface area contributed by atoms with E-state index in [0.29, 0.717) is 22.7 Å². The maximum Gasteiger partial charge on any atom is 0.423 e. The van der Waals surface area contributed by atoms with Crippen LogP contribution in [0.1, 0.15) is 17.5 Å². The largest absolute Gasteiger partial charge is 0.423 e. The van der Waals surface area contributed by atoms with Crippen LogP contribution >= 0.6 is 11.6 Å². The molecule has 0 spiro atoms. The lowest BCUT2D eigenvalue weighted by Gasteiger charge is -2.11. The average Bonchev–Trinajstić information content (AvgIpc) is 2.59. The summed E-state index contributed by atoms with van der Waals surface area (Å²) in [6.07, 6.45) is -5.61. The van der Waals surface area contributed by atoms with Crippen LogP contribution < -0.4 is 10.6 Å². The van der Waals surface area contributed by atoms with Gasteiger partial charge in [-0.3, -0.25) is 19.7 Å². The highest BCUT2D eigenvalue weighted by Gasteiger charge is 2.38. The Kier molecular flexibility index (Phi) is 6.57. The molecule has 0 fully saturated rings. The summed E-state index contributed by atoms with van der Waals surface area (Å²) in [5.41, 5.74) is -2.25. The molecule has 0 saturated carbocycles. The Labute approximate surface area is 161 Å². The second-order valence-corrected chi connectivity index (χ2v) is 6.05. The second kappa shape index (κ2) is 8.70. The topological polar surface area (TPSA) is 101 Å². The Hall–Kier alpha value is -3.14. The van der Waals surface area contributed by atoms with Gasteiger partial charge in [0.1, 0.15) is 12.0 Å². The molecule has 2 rings (SSSR count). The molecule has 0 heterocycles. The van der Waals surface area contributed by atoms with Gasteiger partial charge in [-0.1, -0.05) is 23.7 Å². The Morgan fingerprint density at radius 3 is 2.43 bits per heavy atom. The van der Waals surface area contributed by atoms with E-state index in [1.807, 2.05) is 0 Å². The first kappa shape index (κ1) is 21.2. The summed E-state index contributed by atoms with van der Waals surface area (Å²) >= 11 is 5.81. The van der Waals surface area contributed by atoms with Gasteiger partial charge < -0.3 is 10.6 Å². The molecule has 11 heteroatoms. The van der Waals surface area contributed by atoms with Gasteiger partial charge in [-0.15, -0.1) is 0 Å². The van der Waals surface area contributed by atoms with Crippen molar-refractivity contribution >= 4 is 34.8 Å². The molecular weight excluding hydrogens is 403 g/mol. The number of nitrogens with zero attached hydrogens (tertiary/aromatic N) is 1. The van der Waals surface area contributed by atoms with E-state index in [1.165, 1.54) is 0 Å². The molecule has 7 nitrogen and oxygen atoms in total. The van der Waals surface area contributed by atoms with Crippen molar-refractivity contribution in [3.8, 4) is 0 Å². The predicted molar refractivity (Wildman–Crippen MR) is 94.6 cm³/mol. The predicted octanol–water partition coefficient (Wildman–Crippen LogP) is 3.91. The summed E-state index contributed by atoms with van der Waals surface area (Å²) in [4.78, 5) is 33.2. The zero-order valence-electron chi connectivity index (χ0n) is 14.0. The van der Waals surface area contributed by atoms with Crippen molar-refractivity contribution in [1.29, 1.82) is 0 Å². The Balaban J connectivity index is 1.98. The lowest BCUT2D eigenvalue weighted by molar-refractivity contribution is -0.388. The number of hydrogen-bond acceptors (Lipinski definition) is 4. The van der Waals surface area contributed by atoms with Crippen molar-refractivity contribution < 1.29 is 27.7 Å². The van der Waals surface area contributed by atoms with Crippen LogP contribution in [-0.4, -0.2) is 16.7 Å². The molecule has 0 atom stereocenters. The molecule has 2 amide bonds. The van der Waals surface area contributed by atoms with E-state index in [4.69, 9.17) is 11.6 Å². The van der Waals surface area contributed by atoms with Gasteiger partial charge in [-0.25, -0.2) is 0 Å². The van der Waals surface area contributed by atoms with Gasteiger partial charge in [0.2, 0.25) is 11.8 Å². The van der Waals surface area contributed by atoms with E-state index in [0.717, 1.165) is 6.07 Å². The maximum atomic E-state index is 12.9. The molecule has 2 aromatic carbocycles. The Morgan fingerprint density at radius 2 is 1.82 bits per heavy atom. The van der Waals surface area contributed by atoms with Gasteiger partial charge in [0.15, 0.2) is 0 Å². The fraction of sp³-hybridized carbons (Fsp3) is 0.176. The number of alkyl halides is 3. The minimum Gasteiger partial charge on any atom is -0.352 e. The van der Waals surface area contributed by atoms with E-state index in [2.05, 4.69) is 10.6 Å². The van der Waals surface area contributed by atoms with Crippen LogP contribution in [0, 0.1) is 10.1 Å². The van der Waals surface area contributed by atoms with Crippen molar-refractivity contribution in [3.63, 3.8) is 0 Å². The molecule has 0 bridgehead atoms. The third kappa shape index (κ3) is 5.95. The highest BCUT2D eigenvalue weighted by Crippen LogP contribution is 2.37. The zero-order valence-corrected chi connectivity index (χ0v) is 14.8. The molecule has 0 radical (unpaired) electrons. The molecule has 0 aliphatic heterocycles. The maximum absolute atomic E-state index is 12.9. The third-order valence-corrected chi connectivity index (χ3v) is 3.72. The average molecular weight is 416 g/mol. The zero-order chi connectivity index (χ0) is 20.9. The third-order valence-electron chi connectivity index (χ3n) is 3.48. The van der Waals surface area contributed by atoms with Crippen LogP contribution in [0.25, 0.3) is 0 Å². The number of anilines is 1. The standard InChI is InChI=1S/C17H13ClF3N3O4/c18-11-3-1-2-10(6-11)9-22-15(25)8-16(26)23-12-4-5-14(24(27)28)13(7-12)17(19,20)21/h1-7H,8-9H2,(H,22,25)(H,23,26). The SMILES string of the molecule is O=C(CC(=O)Nc1ccc([N+](=O)[O-])c(C(F)(F)F)c1)NCc1cccc(Cl)c1. The van der Waals surface area contributed by atoms with Crippen LogP contribution in [0.3, 0.4) is 0 Å². The van der Waals surface area contributed by atoms with Gasteiger partial charge in [-0.05, 0) is 29.8 Å². The van der Waals surface area contributed by atoms with E-state index < -0.39 is 40.6 Å². The smallest absolute Gasteiger partial charge is 0.352 e. The summed E-state index contributed by atoms with van der Waals surface area (Å²) in [7, 11) is 0. The minimum atomic E-state index is -4.97. The quantitative estimate of drug-likeness (QED) is 0.424. The monoisotopic (exact) mass is 415 g/mol. The molecule has 0 saturated heterocycles. The van der Waals surface area contributed by atoms with Gasteiger partial charge in [0.05, 0.1) is 4.92 Å². The first-order valence-corrected chi connectivity index (χ1v) is 8.10. The summed E-state index contributed by atoms with van der Waals surface area (Å²) in [5.74, 6) is -1.53. The highest BCUT2D eigenvalue weighted by molar-refractivity contribution is 6.30. The summed E-state index contributed by atoms with van der Waals surface area (Å²) in [5, 5.41) is 15.8. The Morgan fingerprint density at radius 1 is 1.11 bits per heavy atom. The fourth-order valence-corrected chi connectivity index (χ4v) is 2.47. The van der Waals surface area contributed by atoms with Crippen molar-refractivity contribution in [3.05, 3.63) is 68.7 Å². The molecule has 2 N–H and O–H groups in total. The number of carbonyl (C=O) groups excluding carboxylic acids is 2. The second-order valence-electron chi connectivity index (χ2n) is 5.62. The van der Waals surface area contributed by atoms with Crippen molar-refractivity contribution in [2.24, 2.45) is 0 Å². The van der Waals surface area contributed by atoms with E-state index in [9.17, 15) is 32.9 Å². The van der Waals surface area contributed by atoms with E-state index in [-0.39, 0.29) is 12.2 Å². The highest BCUT2D eigenvalue weighted by atomic mass is 35.5. The van der Waals surface area contributed by atoms with Crippen LogP contribution in [0.15, 0.2) is 42.5 Å².